The highest BCUT2D eigenvalue weighted by Gasteiger charge is 2.19. The van der Waals surface area contributed by atoms with Crippen LogP contribution in [0.3, 0.4) is 0 Å². The Labute approximate surface area is 134 Å². The minimum absolute atomic E-state index is 0.0815. The van der Waals surface area contributed by atoms with E-state index in [1.165, 1.54) is 0 Å². The van der Waals surface area contributed by atoms with Gasteiger partial charge in [0.1, 0.15) is 5.69 Å². The number of H-pyrrole nitrogens is 1. The lowest BCUT2D eigenvalue weighted by Crippen LogP contribution is -2.44. The Hall–Kier alpha value is -2.89. The standard InChI is InChI=1S/C17H18N4O2/c22-16(13-9-5-2-6-10-13)20-21-17(23)15-11-14(18-19-15)12-7-3-1-4-8-12/h1-5,7-8,11,13H,6,9-10H2,(H,18,19)(H,20,22)(H,21,23)/t13-/m0/s1. The fourth-order valence-electron chi connectivity index (χ4n) is 2.51. The maximum atomic E-state index is 12.1. The van der Waals surface area contributed by atoms with Crippen LogP contribution in [0, 0.1) is 5.92 Å². The molecule has 23 heavy (non-hydrogen) atoms. The molecule has 0 fully saturated rings. The van der Waals surface area contributed by atoms with Gasteiger partial charge in [-0.2, -0.15) is 5.10 Å². The van der Waals surface area contributed by atoms with Crippen molar-refractivity contribution in [2.75, 3.05) is 0 Å². The van der Waals surface area contributed by atoms with Crippen molar-refractivity contribution < 1.29 is 9.59 Å². The van der Waals surface area contributed by atoms with Gasteiger partial charge in [-0.1, -0.05) is 42.5 Å². The number of allylic oxidation sites excluding steroid dienone is 2. The zero-order chi connectivity index (χ0) is 16.1. The second-order valence-corrected chi connectivity index (χ2v) is 5.46. The van der Waals surface area contributed by atoms with Crippen molar-refractivity contribution in [2.45, 2.75) is 19.3 Å². The van der Waals surface area contributed by atoms with Crippen molar-refractivity contribution in [3.8, 4) is 11.3 Å². The summed E-state index contributed by atoms with van der Waals surface area (Å²) in [5, 5.41) is 6.80. The van der Waals surface area contributed by atoms with E-state index in [4.69, 9.17) is 0 Å². The van der Waals surface area contributed by atoms with E-state index in [1.807, 2.05) is 36.4 Å². The van der Waals surface area contributed by atoms with E-state index >= 15 is 0 Å². The van der Waals surface area contributed by atoms with Crippen LogP contribution in [0.5, 0.6) is 0 Å². The number of nitrogens with zero attached hydrogens (tertiary/aromatic N) is 1. The van der Waals surface area contributed by atoms with Gasteiger partial charge in [0, 0.05) is 11.5 Å². The van der Waals surface area contributed by atoms with E-state index in [-0.39, 0.29) is 11.8 Å². The first-order valence-electron chi connectivity index (χ1n) is 7.60. The first-order chi connectivity index (χ1) is 11.2. The molecule has 1 aromatic carbocycles. The van der Waals surface area contributed by atoms with Gasteiger partial charge in [-0.15, -0.1) is 0 Å². The number of carbonyl (C=O) groups excluding carboxylic acids is 2. The molecule has 1 aliphatic carbocycles. The van der Waals surface area contributed by atoms with Crippen LogP contribution in [0.1, 0.15) is 29.8 Å². The molecule has 2 amide bonds. The van der Waals surface area contributed by atoms with Crippen LogP contribution in [-0.2, 0) is 4.79 Å². The van der Waals surface area contributed by atoms with Crippen LogP contribution in [0.2, 0.25) is 0 Å². The van der Waals surface area contributed by atoms with Crippen LogP contribution >= 0.6 is 0 Å². The quantitative estimate of drug-likeness (QED) is 0.600. The molecule has 0 saturated heterocycles. The maximum absolute atomic E-state index is 12.1. The van der Waals surface area contributed by atoms with Crippen molar-refractivity contribution in [1.82, 2.24) is 21.0 Å². The Kier molecular flexibility index (Phi) is 4.52. The molecular weight excluding hydrogens is 292 g/mol. The van der Waals surface area contributed by atoms with Crippen LogP contribution in [-0.4, -0.2) is 22.0 Å². The summed E-state index contributed by atoms with van der Waals surface area (Å²) in [6.07, 6.45) is 6.48. The molecule has 6 nitrogen and oxygen atoms in total. The Morgan fingerprint density at radius 1 is 1.13 bits per heavy atom. The fraction of sp³-hybridized carbons (Fsp3) is 0.235. The molecule has 1 aliphatic rings. The van der Waals surface area contributed by atoms with E-state index in [9.17, 15) is 9.59 Å². The minimum atomic E-state index is -0.417. The molecule has 3 rings (SSSR count). The highest BCUT2D eigenvalue weighted by molar-refractivity contribution is 5.94. The van der Waals surface area contributed by atoms with Crippen molar-refractivity contribution in [3.63, 3.8) is 0 Å². The van der Waals surface area contributed by atoms with Crippen molar-refractivity contribution in [3.05, 3.63) is 54.2 Å². The van der Waals surface area contributed by atoms with Gasteiger partial charge in [0.15, 0.2) is 0 Å². The third-order valence-electron chi connectivity index (χ3n) is 3.83. The molecule has 0 aliphatic heterocycles. The number of benzene rings is 1. The highest BCUT2D eigenvalue weighted by Crippen LogP contribution is 2.18. The van der Waals surface area contributed by atoms with Gasteiger partial charge in [-0.3, -0.25) is 25.5 Å². The molecule has 0 saturated carbocycles. The van der Waals surface area contributed by atoms with Gasteiger partial charge in [0.05, 0.1) is 5.69 Å². The van der Waals surface area contributed by atoms with E-state index < -0.39 is 5.91 Å². The average Bonchev–Trinajstić information content (AvgIpc) is 3.11. The summed E-state index contributed by atoms with van der Waals surface area (Å²) in [4.78, 5) is 24.0. The largest absolute Gasteiger partial charge is 0.287 e. The number of hydrogen-bond acceptors (Lipinski definition) is 3. The van der Waals surface area contributed by atoms with E-state index in [1.54, 1.807) is 6.07 Å². The molecular formula is C17H18N4O2. The molecule has 118 valence electrons. The number of aromatic nitrogens is 2. The number of amides is 2. The molecule has 0 unspecified atom stereocenters. The SMILES string of the molecule is O=C(NNC(=O)[C@H]1CC=CCC1)c1cc(-c2ccccc2)n[nH]1. The van der Waals surface area contributed by atoms with Crippen LogP contribution in [0.4, 0.5) is 0 Å². The molecule has 2 aromatic rings. The highest BCUT2D eigenvalue weighted by atomic mass is 16.2. The van der Waals surface area contributed by atoms with Crippen molar-refractivity contribution in [1.29, 1.82) is 0 Å². The monoisotopic (exact) mass is 310 g/mol. The van der Waals surface area contributed by atoms with Crippen molar-refractivity contribution >= 4 is 11.8 Å². The zero-order valence-corrected chi connectivity index (χ0v) is 12.6. The number of aromatic amines is 1. The summed E-state index contributed by atoms with van der Waals surface area (Å²) < 4.78 is 0. The second kappa shape index (κ2) is 6.91. The number of hydrogen-bond donors (Lipinski definition) is 3. The normalized spacial score (nSPS) is 16.8. The predicted molar refractivity (Wildman–Crippen MR) is 86.1 cm³/mol. The summed E-state index contributed by atoms with van der Waals surface area (Å²) in [7, 11) is 0. The van der Waals surface area contributed by atoms with Crippen molar-refractivity contribution in [2.24, 2.45) is 5.92 Å². The molecule has 0 spiro atoms. The molecule has 3 N–H and O–H groups in total. The smallest absolute Gasteiger partial charge is 0.273 e. The lowest BCUT2D eigenvalue weighted by atomic mass is 9.94. The van der Waals surface area contributed by atoms with E-state index in [2.05, 4.69) is 27.1 Å². The zero-order valence-electron chi connectivity index (χ0n) is 12.6. The van der Waals surface area contributed by atoms with Gasteiger partial charge < -0.3 is 0 Å². The summed E-state index contributed by atoms with van der Waals surface area (Å²) in [6.45, 7) is 0. The summed E-state index contributed by atoms with van der Waals surface area (Å²) in [5.41, 5.74) is 6.80. The maximum Gasteiger partial charge on any atom is 0.287 e. The Morgan fingerprint density at radius 3 is 2.70 bits per heavy atom. The Morgan fingerprint density at radius 2 is 1.96 bits per heavy atom. The lowest BCUT2D eigenvalue weighted by Gasteiger charge is -2.17. The second-order valence-electron chi connectivity index (χ2n) is 5.46. The van der Waals surface area contributed by atoms with Gasteiger partial charge in [0.2, 0.25) is 5.91 Å². The van der Waals surface area contributed by atoms with Gasteiger partial charge in [-0.05, 0) is 25.3 Å². The van der Waals surface area contributed by atoms with Crippen LogP contribution in [0.25, 0.3) is 11.3 Å². The van der Waals surface area contributed by atoms with E-state index in [0.717, 1.165) is 18.4 Å². The first kappa shape index (κ1) is 15.0. The minimum Gasteiger partial charge on any atom is -0.273 e. The number of nitrogens with one attached hydrogen (secondary N) is 3. The lowest BCUT2D eigenvalue weighted by molar-refractivity contribution is -0.126. The molecule has 0 radical (unpaired) electrons. The molecule has 0 bridgehead atoms. The fourth-order valence-corrected chi connectivity index (χ4v) is 2.51. The Balaban J connectivity index is 1.57. The average molecular weight is 310 g/mol. The third-order valence-corrected chi connectivity index (χ3v) is 3.83. The summed E-state index contributed by atoms with van der Waals surface area (Å²) >= 11 is 0. The van der Waals surface area contributed by atoms with Gasteiger partial charge in [0.25, 0.3) is 5.91 Å². The topological polar surface area (TPSA) is 86.9 Å². The number of carbonyl (C=O) groups is 2. The number of rotatable bonds is 3. The first-order valence-corrected chi connectivity index (χ1v) is 7.60. The van der Waals surface area contributed by atoms with Crippen LogP contribution < -0.4 is 10.9 Å². The molecule has 1 aromatic heterocycles. The summed E-state index contributed by atoms with van der Waals surface area (Å²) in [6, 6.07) is 11.2. The molecule has 1 atom stereocenters. The van der Waals surface area contributed by atoms with Gasteiger partial charge in [-0.25, -0.2) is 0 Å². The van der Waals surface area contributed by atoms with Crippen LogP contribution in [0.15, 0.2) is 48.6 Å². The van der Waals surface area contributed by atoms with Gasteiger partial charge >= 0.3 is 0 Å². The molecule has 1 heterocycles. The third kappa shape index (κ3) is 3.66. The summed E-state index contributed by atoms with van der Waals surface area (Å²) in [5.74, 6) is -0.660. The van der Waals surface area contributed by atoms with E-state index in [0.29, 0.717) is 17.8 Å². The Bertz CT molecular complexity index is 721. The molecule has 6 heteroatoms. The predicted octanol–water partition coefficient (Wildman–Crippen LogP) is 2.19. The number of hydrazine groups is 1.